The molecule has 2 aromatic carbocycles. The second-order valence-corrected chi connectivity index (χ2v) is 7.66. The molecule has 0 aliphatic carbocycles. The van der Waals surface area contributed by atoms with Crippen LogP contribution in [0.25, 0.3) is 0 Å². The van der Waals surface area contributed by atoms with Gasteiger partial charge in [0.1, 0.15) is 6.54 Å². The second kappa shape index (κ2) is 9.73. The van der Waals surface area contributed by atoms with E-state index in [1.807, 2.05) is 60.9 Å². The van der Waals surface area contributed by atoms with Crippen LogP contribution >= 0.6 is 23.8 Å². The molecular weight excluding hydrogens is 418 g/mol. The minimum Gasteiger partial charge on any atom is -0.377 e. The molecule has 0 radical (unpaired) electrons. The fraction of sp³-hybridized carbons (Fsp3) is 0.227. The lowest BCUT2D eigenvalue weighted by Gasteiger charge is -2.10. The zero-order chi connectivity index (χ0) is 21.7. The Kier molecular flexibility index (Phi) is 7.07. The lowest BCUT2D eigenvalue weighted by Crippen LogP contribution is -2.20. The van der Waals surface area contributed by atoms with Crippen molar-refractivity contribution in [2.75, 3.05) is 10.6 Å². The summed E-state index contributed by atoms with van der Waals surface area (Å²) in [7, 11) is 0. The van der Waals surface area contributed by atoms with Crippen molar-refractivity contribution in [2.45, 2.75) is 33.5 Å². The third-order valence-corrected chi connectivity index (χ3v) is 5.57. The van der Waals surface area contributed by atoms with Gasteiger partial charge in [0.15, 0.2) is 10.6 Å². The van der Waals surface area contributed by atoms with E-state index in [9.17, 15) is 4.79 Å². The first-order valence-electron chi connectivity index (χ1n) is 9.52. The smallest absolute Gasteiger partial charge is 0.246 e. The molecule has 0 atom stereocenters. The summed E-state index contributed by atoms with van der Waals surface area (Å²) in [5.41, 5.74) is 3.65. The van der Waals surface area contributed by atoms with Gasteiger partial charge in [0, 0.05) is 22.9 Å². The van der Waals surface area contributed by atoms with E-state index in [1.54, 1.807) is 6.08 Å². The molecule has 156 valence electrons. The number of nitrogens with zero attached hydrogens (tertiary/aromatic N) is 3. The quantitative estimate of drug-likeness (QED) is 0.376. The number of carbonyl (C=O) groups is 1. The lowest BCUT2D eigenvalue weighted by molar-refractivity contribution is -0.116. The van der Waals surface area contributed by atoms with Gasteiger partial charge in [-0.15, -0.1) is 6.58 Å². The third kappa shape index (κ3) is 4.98. The van der Waals surface area contributed by atoms with Crippen LogP contribution in [0.15, 0.2) is 55.1 Å². The molecule has 0 aliphatic rings. The molecule has 6 nitrogen and oxygen atoms in total. The number of benzene rings is 2. The molecule has 0 fully saturated rings. The van der Waals surface area contributed by atoms with E-state index in [4.69, 9.17) is 23.8 Å². The summed E-state index contributed by atoms with van der Waals surface area (Å²) in [4.78, 5) is 12.5. The molecule has 3 aromatic rings. The van der Waals surface area contributed by atoms with Crippen LogP contribution in [0.3, 0.4) is 0 Å². The van der Waals surface area contributed by atoms with Gasteiger partial charge in [-0.25, -0.2) is 4.68 Å². The highest BCUT2D eigenvalue weighted by Crippen LogP contribution is 2.23. The van der Waals surface area contributed by atoms with Gasteiger partial charge in [0.2, 0.25) is 5.91 Å². The standard InChI is InChI=1S/C22H24ClN5OS/c1-4-12-27-20(13-24-19-11-7-9-17(23)16(19)3)26-28(22(27)30)14-21(29)25-18-10-6-5-8-15(18)2/h4-11,24H,1,12-14H2,2-3H3,(H,25,29). The molecule has 1 heterocycles. The SMILES string of the molecule is C=CCn1c(CNc2cccc(Cl)c2C)nn(CC(=O)Nc2ccccc2C)c1=S. The van der Waals surface area contributed by atoms with Crippen molar-refractivity contribution in [3.05, 3.63) is 81.9 Å². The lowest BCUT2D eigenvalue weighted by atomic mass is 10.2. The minimum absolute atomic E-state index is 0.0283. The summed E-state index contributed by atoms with van der Waals surface area (Å²) >= 11 is 11.8. The summed E-state index contributed by atoms with van der Waals surface area (Å²) in [5.74, 6) is 0.525. The highest BCUT2D eigenvalue weighted by Gasteiger charge is 2.14. The van der Waals surface area contributed by atoms with Gasteiger partial charge >= 0.3 is 0 Å². The summed E-state index contributed by atoms with van der Waals surface area (Å²) in [6, 6.07) is 13.3. The van der Waals surface area contributed by atoms with Gasteiger partial charge in [-0.1, -0.05) is 41.9 Å². The predicted octanol–water partition coefficient (Wildman–Crippen LogP) is 5.12. The maximum atomic E-state index is 12.5. The zero-order valence-corrected chi connectivity index (χ0v) is 18.6. The van der Waals surface area contributed by atoms with Crippen molar-refractivity contribution in [3.8, 4) is 0 Å². The molecule has 30 heavy (non-hydrogen) atoms. The number of carbonyl (C=O) groups excluding carboxylic acids is 1. The summed E-state index contributed by atoms with van der Waals surface area (Å²) in [6.07, 6.45) is 1.75. The van der Waals surface area contributed by atoms with Crippen LogP contribution in [0.5, 0.6) is 0 Å². The van der Waals surface area contributed by atoms with Crippen LogP contribution in [0, 0.1) is 18.6 Å². The normalized spacial score (nSPS) is 10.6. The number of para-hydroxylation sites is 1. The number of aryl methyl sites for hydroxylation is 1. The number of aromatic nitrogens is 3. The zero-order valence-electron chi connectivity index (χ0n) is 17.0. The van der Waals surface area contributed by atoms with E-state index < -0.39 is 0 Å². The number of rotatable bonds is 8. The van der Waals surface area contributed by atoms with E-state index >= 15 is 0 Å². The number of nitrogens with one attached hydrogen (secondary N) is 2. The number of amides is 1. The average Bonchev–Trinajstić information content (AvgIpc) is 3.00. The van der Waals surface area contributed by atoms with Crippen molar-refractivity contribution in [1.29, 1.82) is 0 Å². The number of allylic oxidation sites excluding steroid dienone is 1. The van der Waals surface area contributed by atoms with Gasteiger partial charge in [-0.05, 0) is 55.4 Å². The van der Waals surface area contributed by atoms with Crippen molar-refractivity contribution >= 4 is 41.1 Å². The molecule has 0 unspecified atom stereocenters. The van der Waals surface area contributed by atoms with Crippen LogP contribution in [-0.4, -0.2) is 20.3 Å². The molecule has 1 amide bonds. The highest BCUT2D eigenvalue weighted by atomic mass is 35.5. The largest absolute Gasteiger partial charge is 0.377 e. The molecule has 0 aliphatic heterocycles. The molecule has 1 aromatic heterocycles. The van der Waals surface area contributed by atoms with Gasteiger partial charge < -0.3 is 10.6 Å². The molecule has 8 heteroatoms. The average molecular weight is 442 g/mol. The Morgan fingerprint density at radius 2 is 1.93 bits per heavy atom. The van der Waals surface area contributed by atoms with E-state index in [-0.39, 0.29) is 12.5 Å². The summed E-state index contributed by atoms with van der Waals surface area (Å²) in [5, 5.41) is 11.5. The van der Waals surface area contributed by atoms with Crippen molar-refractivity contribution < 1.29 is 4.79 Å². The monoisotopic (exact) mass is 441 g/mol. The van der Waals surface area contributed by atoms with Gasteiger partial charge in [0.05, 0.1) is 6.54 Å². The molecule has 0 bridgehead atoms. The van der Waals surface area contributed by atoms with Crippen molar-refractivity contribution in [3.63, 3.8) is 0 Å². The Bertz CT molecular complexity index is 1130. The number of halogens is 1. The van der Waals surface area contributed by atoms with Crippen LogP contribution in [-0.2, 0) is 24.4 Å². The number of hydrogen-bond acceptors (Lipinski definition) is 4. The Morgan fingerprint density at radius 3 is 2.67 bits per heavy atom. The van der Waals surface area contributed by atoms with Gasteiger partial charge in [-0.2, -0.15) is 5.10 Å². The molecular formula is C22H24ClN5OS. The van der Waals surface area contributed by atoms with Gasteiger partial charge in [-0.3, -0.25) is 9.36 Å². The maximum Gasteiger partial charge on any atom is 0.246 e. The minimum atomic E-state index is -0.186. The first-order valence-corrected chi connectivity index (χ1v) is 10.3. The van der Waals surface area contributed by atoms with E-state index in [2.05, 4.69) is 22.3 Å². The Morgan fingerprint density at radius 1 is 1.20 bits per heavy atom. The van der Waals surface area contributed by atoms with Crippen molar-refractivity contribution in [1.82, 2.24) is 14.3 Å². The molecule has 0 saturated carbocycles. The Balaban J connectivity index is 1.78. The third-order valence-electron chi connectivity index (χ3n) is 4.73. The molecule has 0 spiro atoms. The van der Waals surface area contributed by atoms with E-state index in [0.717, 1.165) is 22.5 Å². The molecule has 2 N–H and O–H groups in total. The first-order chi connectivity index (χ1) is 14.4. The predicted molar refractivity (Wildman–Crippen MR) is 125 cm³/mol. The van der Waals surface area contributed by atoms with Crippen LogP contribution < -0.4 is 10.6 Å². The Labute approximate surface area is 186 Å². The highest BCUT2D eigenvalue weighted by molar-refractivity contribution is 7.71. The fourth-order valence-electron chi connectivity index (χ4n) is 3.04. The fourth-order valence-corrected chi connectivity index (χ4v) is 3.50. The van der Waals surface area contributed by atoms with Crippen LogP contribution in [0.1, 0.15) is 17.0 Å². The topological polar surface area (TPSA) is 63.9 Å². The Hall–Kier alpha value is -2.90. The second-order valence-electron chi connectivity index (χ2n) is 6.88. The van der Waals surface area contributed by atoms with Gasteiger partial charge in [0.25, 0.3) is 0 Å². The molecule has 0 saturated heterocycles. The van der Waals surface area contributed by atoms with Crippen molar-refractivity contribution in [2.24, 2.45) is 0 Å². The maximum absolute atomic E-state index is 12.5. The summed E-state index contributed by atoms with van der Waals surface area (Å²) in [6.45, 7) is 8.66. The van der Waals surface area contributed by atoms with Crippen LogP contribution in [0.2, 0.25) is 5.02 Å². The van der Waals surface area contributed by atoms with E-state index in [1.165, 1.54) is 4.68 Å². The number of hydrogen-bond donors (Lipinski definition) is 2. The number of anilines is 2. The summed E-state index contributed by atoms with van der Waals surface area (Å²) < 4.78 is 3.86. The first kappa shape index (κ1) is 21.8. The van der Waals surface area contributed by atoms with Crippen LogP contribution in [0.4, 0.5) is 11.4 Å². The van der Waals surface area contributed by atoms with E-state index in [0.29, 0.717) is 28.7 Å². The molecule has 3 rings (SSSR count).